The Morgan fingerprint density at radius 2 is 1.47 bits per heavy atom. The second kappa shape index (κ2) is 5.01. The summed E-state index contributed by atoms with van der Waals surface area (Å²) in [6, 6.07) is 3.61. The maximum atomic E-state index is 13.7. The van der Waals surface area contributed by atoms with Crippen molar-refractivity contribution in [3.05, 3.63) is 70.3 Å². The molecule has 0 aliphatic rings. The normalized spacial score (nSPS) is 12.5. The van der Waals surface area contributed by atoms with Gasteiger partial charge in [-0.15, -0.1) is 0 Å². The molecule has 2 aromatic carbocycles. The minimum absolute atomic E-state index is 0.0995. The van der Waals surface area contributed by atoms with E-state index in [9.17, 15) is 17.6 Å². The van der Waals surface area contributed by atoms with Gasteiger partial charge >= 0.3 is 0 Å². The molecule has 0 radical (unpaired) electrons. The second-order valence-electron chi connectivity index (χ2n) is 4.24. The zero-order chi connectivity index (χ0) is 14.2. The minimum Gasteiger partial charge on any atom is -0.320 e. The number of hydrogen-bond acceptors (Lipinski definition) is 1. The smallest absolute Gasteiger partial charge is 0.131 e. The minimum atomic E-state index is -1.41. The number of hydrogen-bond donors (Lipinski definition) is 1. The van der Waals surface area contributed by atoms with Crippen LogP contribution in [0.25, 0.3) is 0 Å². The number of nitrogens with two attached hydrogens (primary N) is 1. The molecular weight excluding hydrogens is 258 g/mol. The second-order valence-corrected chi connectivity index (χ2v) is 4.24. The third-order valence-electron chi connectivity index (χ3n) is 2.92. The first kappa shape index (κ1) is 13.5. The quantitative estimate of drug-likeness (QED) is 0.828. The molecule has 0 bridgehead atoms. The van der Waals surface area contributed by atoms with Crippen molar-refractivity contribution in [2.24, 2.45) is 5.73 Å². The molecule has 0 heterocycles. The number of aryl methyl sites for hydroxylation is 1. The molecule has 2 aromatic rings. The molecule has 0 saturated carbocycles. The van der Waals surface area contributed by atoms with Crippen molar-refractivity contribution in [1.82, 2.24) is 0 Å². The van der Waals surface area contributed by atoms with Crippen LogP contribution in [0.4, 0.5) is 17.6 Å². The Morgan fingerprint density at radius 3 is 2.05 bits per heavy atom. The van der Waals surface area contributed by atoms with Crippen LogP contribution >= 0.6 is 0 Å². The summed E-state index contributed by atoms with van der Waals surface area (Å²) in [5, 5.41) is 0. The van der Waals surface area contributed by atoms with Crippen molar-refractivity contribution < 1.29 is 17.6 Å². The van der Waals surface area contributed by atoms with E-state index in [2.05, 4.69) is 0 Å². The molecule has 1 atom stereocenters. The first-order valence-electron chi connectivity index (χ1n) is 5.57. The zero-order valence-electron chi connectivity index (χ0n) is 10.1. The highest BCUT2D eigenvalue weighted by atomic mass is 19.1. The molecule has 1 nitrogen and oxygen atoms in total. The van der Waals surface area contributed by atoms with E-state index in [4.69, 9.17) is 5.73 Å². The molecule has 0 saturated heterocycles. The van der Waals surface area contributed by atoms with Crippen LogP contribution in [0.1, 0.15) is 22.7 Å². The predicted molar refractivity (Wildman–Crippen MR) is 63.5 cm³/mol. The van der Waals surface area contributed by atoms with Crippen molar-refractivity contribution >= 4 is 0 Å². The first-order valence-corrected chi connectivity index (χ1v) is 5.57. The lowest BCUT2D eigenvalue weighted by Crippen LogP contribution is -2.17. The average Bonchev–Trinajstić information content (AvgIpc) is 2.33. The lowest BCUT2D eigenvalue weighted by molar-refractivity contribution is 0.527. The number of benzene rings is 2. The summed E-state index contributed by atoms with van der Waals surface area (Å²) < 4.78 is 54.3. The highest BCUT2D eigenvalue weighted by Gasteiger charge is 2.22. The molecule has 2 N–H and O–H groups in total. The summed E-state index contributed by atoms with van der Waals surface area (Å²) in [4.78, 5) is 0. The van der Waals surface area contributed by atoms with Crippen LogP contribution in [0.2, 0.25) is 0 Å². The summed E-state index contributed by atoms with van der Waals surface area (Å²) in [7, 11) is 0. The van der Waals surface area contributed by atoms with Gasteiger partial charge in [0.25, 0.3) is 0 Å². The molecule has 0 fully saturated rings. The van der Waals surface area contributed by atoms with E-state index in [-0.39, 0.29) is 11.1 Å². The van der Waals surface area contributed by atoms with Crippen LogP contribution in [0, 0.1) is 30.2 Å². The van der Waals surface area contributed by atoms with Gasteiger partial charge in [-0.3, -0.25) is 0 Å². The molecule has 0 aliphatic carbocycles. The van der Waals surface area contributed by atoms with Gasteiger partial charge in [-0.05, 0) is 36.8 Å². The third kappa shape index (κ3) is 2.46. The van der Waals surface area contributed by atoms with Crippen molar-refractivity contribution in [3.8, 4) is 0 Å². The van der Waals surface area contributed by atoms with Gasteiger partial charge in [0.2, 0.25) is 0 Å². The summed E-state index contributed by atoms with van der Waals surface area (Å²) in [6.45, 7) is 1.39. The van der Waals surface area contributed by atoms with Crippen LogP contribution in [0.3, 0.4) is 0 Å². The van der Waals surface area contributed by atoms with Crippen LogP contribution in [-0.2, 0) is 0 Å². The van der Waals surface area contributed by atoms with E-state index < -0.39 is 34.9 Å². The Bertz CT molecular complexity index is 605. The van der Waals surface area contributed by atoms with Gasteiger partial charge in [0.1, 0.15) is 23.3 Å². The topological polar surface area (TPSA) is 26.0 Å². The van der Waals surface area contributed by atoms with Gasteiger partial charge in [0.15, 0.2) is 0 Å². The van der Waals surface area contributed by atoms with Gasteiger partial charge < -0.3 is 5.73 Å². The van der Waals surface area contributed by atoms with Crippen molar-refractivity contribution in [3.63, 3.8) is 0 Å². The molecule has 0 aliphatic heterocycles. The average molecular weight is 269 g/mol. The van der Waals surface area contributed by atoms with Crippen molar-refractivity contribution in [2.75, 3.05) is 0 Å². The fraction of sp³-hybridized carbons (Fsp3) is 0.143. The van der Waals surface area contributed by atoms with E-state index in [1.807, 2.05) is 0 Å². The molecule has 0 amide bonds. The molecule has 0 aromatic heterocycles. The maximum Gasteiger partial charge on any atom is 0.131 e. The molecule has 100 valence electrons. The van der Waals surface area contributed by atoms with Crippen molar-refractivity contribution in [2.45, 2.75) is 13.0 Å². The van der Waals surface area contributed by atoms with Crippen LogP contribution in [0.15, 0.2) is 30.3 Å². The Hall–Kier alpha value is -1.88. The lowest BCUT2D eigenvalue weighted by atomic mass is 9.97. The largest absolute Gasteiger partial charge is 0.320 e. The van der Waals surface area contributed by atoms with Gasteiger partial charge in [-0.1, -0.05) is 6.07 Å². The molecule has 2 rings (SSSR count). The fourth-order valence-electron chi connectivity index (χ4n) is 1.86. The summed E-state index contributed by atoms with van der Waals surface area (Å²) in [5.74, 6) is -3.27. The van der Waals surface area contributed by atoms with E-state index in [1.165, 1.54) is 13.0 Å². The van der Waals surface area contributed by atoms with E-state index in [0.717, 1.165) is 24.3 Å². The van der Waals surface area contributed by atoms with Gasteiger partial charge in [-0.25, -0.2) is 17.6 Å². The molecule has 5 heteroatoms. The standard InChI is InChI=1S/C14H11F4N/c1-7-5-12(18)8(6-11(7)17)14(19)13-9(15)3-2-4-10(13)16/h2-6,14H,19H2,1H3. The van der Waals surface area contributed by atoms with E-state index in [1.54, 1.807) is 0 Å². The van der Waals surface area contributed by atoms with Crippen LogP contribution in [0.5, 0.6) is 0 Å². The number of rotatable bonds is 2. The van der Waals surface area contributed by atoms with Crippen LogP contribution < -0.4 is 5.73 Å². The SMILES string of the molecule is Cc1cc(F)c(C(N)c2c(F)cccc2F)cc1F. The fourth-order valence-corrected chi connectivity index (χ4v) is 1.86. The molecule has 1 unspecified atom stereocenters. The van der Waals surface area contributed by atoms with Gasteiger partial charge in [-0.2, -0.15) is 0 Å². The molecular formula is C14H11F4N. The first-order chi connectivity index (χ1) is 8.91. The Balaban J connectivity index is 2.56. The van der Waals surface area contributed by atoms with E-state index in [0.29, 0.717) is 0 Å². The molecule has 0 spiro atoms. The Morgan fingerprint density at radius 1 is 0.895 bits per heavy atom. The monoisotopic (exact) mass is 269 g/mol. The molecule has 19 heavy (non-hydrogen) atoms. The highest BCUT2D eigenvalue weighted by Crippen LogP contribution is 2.28. The third-order valence-corrected chi connectivity index (χ3v) is 2.92. The highest BCUT2D eigenvalue weighted by molar-refractivity contribution is 5.36. The van der Waals surface area contributed by atoms with Gasteiger partial charge in [0, 0.05) is 11.1 Å². The maximum absolute atomic E-state index is 13.7. The lowest BCUT2D eigenvalue weighted by Gasteiger charge is -2.16. The predicted octanol–water partition coefficient (Wildman–Crippen LogP) is 3.60. The Labute approximate surface area is 107 Å². The van der Waals surface area contributed by atoms with Crippen molar-refractivity contribution in [1.29, 1.82) is 0 Å². The summed E-state index contributed by atoms with van der Waals surface area (Å²) in [6.07, 6.45) is 0. The Kier molecular flexibility index (Phi) is 3.57. The van der Waals surface area contributed by atoms with Gasteiger partial charge in [0.05, 0.1) is 6.04 Å². The zero-order valence-corrected chi connectivity index (χ0v) is 10.1. The van der Waals surface area contributed by atoms with E-state index >= 15 is 0 Å². The summed E-state index contributed by atoms with van der Waals surface area (Å²) >= 11 is 0. The summed E-state index contributed by atoms with van der Waals surface area (Å²) in [5.41, 5.74) is 4.98. The number of halogens is 4. The van der Waals surface area contributed by atoms with Crippen LogP contribution in [-0.4, -0.2) is 0 Å².